The van der Waals surface area contributed by atoms with Crippen molar-refractivity contribution in [2.75, 3.05) is 13.7 Å². The van der Waals surface area contributed by atoms with Crippen LogP contribution in [0.3, 0.4) is 0 Å². The topological polar surface area (TPSA) is 76.7 Å². The van der Waals surface area contributed by atoms with E-state index in [0.29, 0.717) is 18.6 Å². The van der Waals surface area contributed by atoms with Crippen LogP contribution in [0.4, 0.5) is 0 Å². The first-order valence-electron chi connectivity index (χ1n) is 6.27. The summed E-state index contributed by atoms with van der Waals surface area (Å²) in [5, 5.41) is 24.1. The second-order valence-corrected chi connectivity index (χ2v) is 5.57. The molecule has 0 aliphatic rings. The summed E-state index contributed by atoms with van der Waals surface area (Å²) >= 11 is 0. The Morgan fingerprint density at radius 1 is 1.37 bits per heavy atom. The highest BCUT2D eigenvalue weighted by molar-refractivity contribution is 6.59. The van der Waals surface area contributed by atoms with Gasteiger partial charge >= 0.3 is 7.12 Å². The van der Waals surface area contributed by atoms with Crippen LogP contribution in [0.15, 0.2) is 12.4 Å². The molecular weight excluding hydrogens is 247 g/mol. The summed E-state index contributed by atoms with van der Waals surface area (Å²) in [6, 6.07) is 0. The van der Waals surface area contributed by atoms with Crippen LogP contribution in [0.5, 0.6) is 0 Å². The van der Waals surface area contributed by atoms with Crippen molar-refractivity contribution in [3.8, 4) is 0 Å². The van der Waals surface area contributed by atoms with Gasteiger partial charge in [0.15, 0.2) is 0 Å². The highest BCUT2D eigenvalue weighted by Gasteiger charge is 2.39. The zero-order chi connectivity index (χ0) is 14.7. The summed E-state index contributed by atoms with van der Waals surface area (Å²) in [7, 11) is 0.492. The Bertz CT molecular complexity index is 401. The number of hydrogen-bond acceptors (Lipinski definition) is 5. The van der Waals surface area contributed by atoms with Crippen molar-refractivity contribution >= 4 is 12.6 Å². The van der Waals surface area contributed by atoms with Crippen LogP contribution in [-0.2, 0) is 15.9 Å². The summed E-state index contributed by atoms with van der Waals surface area (Å²) in [4.78, 5) is 0. The molecule has 1 heterocycles. The fourth-order valence-corrected chi connectivity index (χ4v) is 1.31. The fourth-order valence-electron chi connectivity index (χ4n) is 1.31. The zero-order valence-corrected chi connectivity index (χ0v) is 12.3. The molecule has 2 N–H and O–H groups in total. The van der Waals surface area contributed by atoms with Gasteiger partial charge in [-0.1, -0.05) is 0 Å². The van der Waals surface area contributed by atoms with Crippen molar-refractivity contribution in [1.29, 1.82) is 0 Å². The number of methoxy groups -OCH3 is 1. The van der Waals surface area contributed by atoms with E-state index in [1.165, 1.54) is 0 Å². The first kappa shape index (κ1) is 16.2. The van der Waals surface area contributed by atoms with Crippen molar-refractivity contribution in [2.45, 2.75) is 45.4 Å². The Labute approximate surface area is 114 Å². The molecule has 0 saturated heterocycles. The van der Waals surface area contributed by atoms with E-state index in [1.807, 2.05) is 0 Å². The molecule has 0 bridgehead atoms. The predicted octanol–water partition coefficient (Wildman–Crippen LogP) is -0.217. The Morgan fingerprint density at radius 3 is 2.53 bits per heavy atom. The predicted molar refractivity (Wildman–Crippen MR) is 73.2 cm³/mol. The molecule has 108 valence electrons. The summed E-state index contributed by atoms with van der Waals surface area (Å²) < 4.78 is 12.1. The number of ether oxygens (including phenoxy) is 1. The van der Waals surface area contributed by atoms with Crippen LogP contribution in [0, 0.1) is 0 Å². The van der Waals surface area contributed by atoms with Crippen molar-refractivity contribution in [3.05, 3.63) is 12.4 Å². The molecule has 0 amide bonds. The van der Waals surface area contributed by atoms with Gasteiger partial charge in [0.05, 0.1) is 24.4 Å². The van der Waals surface area contributed by atoms with E-state index in [9.17, 15) is 10.1 Å². The normalized spacial score (nSPS) is 12.8. The van der Waals surface area contributed by atoms with Gasteiger partial charge < -0.3 is 19.5 Å². The number of aromatic nitrogens is 2. The average molecular weight is 270 g/mol. The lowest BCUT2D eigenvalue weighted by atomic mass is 9.78. The van der Waals surface area contributed by atoms with Gasteiger partial charge in [-0.2, -0.15) is 5.10 Å². The lowest BCUT2D eigenvalue weighted by Crippen LogP contribution is -2.53. The molecule has 0 unspecified atom stereocenters. The third kappa shape index (κ3) is 4.31. The van der Waals surface area contributed by atoms with Crippen molar-refractivity contribution in [3.63, 3.8) is 0 Å². The Morgan fingerprint density at radius 2 is 2.00 bits per heavy atom. The maximum Gasteiger partial charge on any atom is 0.494 e. The third-order valence-electron chi connectivity index (χ3n) is 3.34. The molecule has 0 radical (unpaired) electrons. The molecule has 0 spiro atoms. The second-order valence-electron chi connectivity index (χ2n) is 5.57. The van der Waals surface area contributed by atoms with Gasteiger partial charge in [0.1, 0.15) is 0 Å². The lowest BCUT2D eigenvalue weighted by molar-refractivity contribution is -0.0982. The van der Waals surface area contributed by atoms with Gasteiger partial charge in [0.25, 0.3) is 0 Å². The lowest BCUT2D eigenvalue weighted by Gasteiger charge is -2.38. The standard InChI is InChI=1S/C12H23BN2O4/c1-11(2,16)12(3,4)19-13(17)10-8-14-15(9-10)6-7-18-5/h8-9,16-17H,6-7H2,1-5H3. The minimum Gasteiger partial charge on any atom is -0.423 e. The van der Waals surface area contributed by atoms with E-state index in [0.717, 1.165) is 0 Å². The SMILES string of the molecule is COCCn1cc(B(O)OC(C)(C)C(C)(C)O)cn1. The summed E-state index contributed by atoms with van der Waals surface area (Å²) in [5.74, 6) is 0. The fraction of sp³-hybridized carbons (Fsp3) is 0.750. The third-order valence-corrected chi connectivity index (χ3v) is 3.34. The molecule has 19 heavy (non-hydrogen) atoms. The highest BCUT2D eigenvalue weighted by atomic mass is 16.5. The molecule has 0 saturated carbocycles. The molecule has 0 atom stereocenters. The van der Waals surface area contributed by atoms with E-state index < -0.39 is 18.3 Å². The summed E-state index contributed by atoms with van der Waals surface area (Å²) in [6.45, 7) is 7.89. The van der Waals surface area contributed by atoms with Gasteiger partial charge in [-0.05, 0) is 27.7 Å². The van der Waals surface area contributed by atoms with E-state index in [-0.39, 0.29) is 0 Å². The van der Waals surface area contributed by atoms with Crippen LogP contribution in [0.25, 0.3) is 0 Å². The molecule has 0 fully saturated rings. The average Bonchev–Trinajstić information content (AvgIpc) is 2.72. The van der Waals surface area contributed by atoms with Crippen LogP contribution in [0.1, 0.15) is 27.7 Å². The van der Waals surface area contributed by atoms with Gasteiger partial charge in [-0.25, -0.2) is 0 Å². The van der Waals surface area contributed by atoms with Crippen molar-refractivity contribution in [2.24, 2.45) is 0 Å². The van der Waals surface area contributed by atoms with Gasteiger partial charge in [0, 0.05) is 25.0 Å². The van der Waals surface area contributed by atoms with Crippen molar-refractivity contribution in [1.82, 2.24) is 9.78 Å². The summed E-state index contributed by atoms with van der Waals surface area (Å²) in [6.07, 6.45) is 3.24. The van der Waals surface area contributed by atoms with Crippen LogP contribution >= 0.6 is 0 Å². The molecule has 0 aromatic carbocycles. The highest BCUT2D eigenvalue weighted by Crippen LogP contribution is 2.25. The van der Waals surface area contributed by atoms with Crippen LogP contribution < -0.4 is 5.46 Å². The molecule has 0 aliphatic heterocycles. The van der Waals surface area contributed by atoms with Gasteiger partial charge in [-0.3, -0.25) is 4.68 Å². The molecule has 1 aromatic rings. The van der Waals surface area contributed by atoms with E-state index in [4.69, 9.17) is 9.39 Å². The van der Waals surface area contributed by atoms with Crippen LogP contribution in [-0.4, -0.2) is 51.9 Å². The smallest absolute Gasteiger partial charge is 0.423 e. The minimum absolute atomic E-state index is 0.549. The number of aliphatic hydroxyl groups is 1. The Balaban J connectivity index is 2.68. The van der Waals surface area contributed by atoms with E-state index in [1.54, 1.807) is 51.9 Å². The van der Waals surface area contributed by atoms with E-state index in [2.05, 4.69) is 5.10 Å². The monoisotopic (exact) mass is 270 g/mol. The molecule has 1 aromatic heterocycles. The number of nitrogens with zero attached hydrogens (tertiary/aromatic N) is 2. The quantitative estimate of drug-likeness (QED) is 0.670. The van der Waals surface area contributed by atoms with Crippen LogP contribution in [0.2, 0.25) is 0 Å². The molecule has 0 aliphatic carbocycles. The van der Waals surface area contributed by atoms with Gasteiger partial charge in [-0.15, -0.1) is 0 Å². The minimum atomic E-state index is -1.13. The Hall–Kier alpha value is -0.885. The molecule has 7 heteroatoms. The van der Waals surface area contributed by atoms with Crippen molar-refractivity contribution < 1.29 is 19.5 Å². The number of rotatable bonds is 7. The first-order valence-corrected chi connectivity index (χ1v) is 6.27. The first-order chi connectivity index (χ1) is 8.67. The maximum absolute atomic E-state index is 10.0. The Kier molecular flexibility index (Phi) is 5.14. The molecular formula is C12H23BN2O4. The maximum atomic E-state index is 10.0. The van der Waals surface area contributed by atoms with Gasteiger partial charge in [0.2, 0.25) is 0 Å². The van der Waals surface area contributed by atoms with E-state index >= 15 is 0 Å². The zero-order valence-electron chi connectivity index (χ0n) is 12.3. The summed E-state index contributed by atoms with van der Waals surface area (Å²) in [5.41, 5.74) is -1.41. The second kappa shape index (κ2) is 6.05. The number of hydrogen-bond donors (Lipinski definition) is 2. The largest absolute Gasteiger partial charge is 0.494 e. The molecule has 6 nitrogen and oxygen atoms in total. The molecule has 1 rings (SSSR count).